The first kappa shape index (κ1) is 46.5. The average Bonchev–Trinajstić information content (AvgIpc) is 3.44. The van der Waals surface area contributed by atoms with Gasteiger partial charge >= 0.3 is 7.82 Å². The highest BCUT2D eigenvalue weighted by molar-refractivity contribution is 7.47. The zero-order chi connectivity index (χ0) is 42.5. The van der Waals surface area contributed by atoms with Crippen LogP contribution in [0.4, 0.5) is 10.2 Å². The Hall–Kier alpha value is -3.54. The van der Waals surface area contributed by atoms with E-state index in [0.29, 0.717) is 17.7 Å². The Balaban J connectivity index is 1.08. The molecule has 1 saturated carbocycles. The first-order chi connectivity index (χ1) is 28.3. The second-order valence-electron chi connectivity index (χ2n) is 16.1. The second kappa shape index (κ2) is 21.3. The molecule has 2 aliphatic rings. The maximum atomic E-state index is 14.2. The number of fused-ring (bicyclic) bond motifs is 2. The van der Waals surface area contributed by atoms with Gasteiger partial charge in [-0.15, -0.1) is 0 Å². The van der Waals surface area contributed by atoms with E-state index in [1.54, 1.807) is 19.1 Å². The summed E-state index contributed by atoms with van der Waals surface area (Å²) in [6.07, 6.45) is 16.3. The second-order valence-corrected chi connectivity index (χ2v) is 17.5. The van der Waals surface area contributed by atoms with Crippen LogP contribution >= 0.6 is 7.82 Å². The lowest BCUT2D eigenvalue weighted by atomic mass is 10.0. The van der Waals surface area contributed by atoms with E-state index >= 15 is 0 Å². The van der Waals surface area contributed by atoms with Crippen molar-refractivity contribution in [3.05, 3.63) is 59.3 Å². The number of nitriles is 2. The molecule has 7 atom stereocenters. The minimum absolute atomic E-state index is 0.0789. The monoisotopic (exact) mass is 842 g/mol. The van der Waals surface area contributed by atoms with Gasteiger partial charge < -0.3 is 35.1 Å². The Morgan fingerprint density at radius 2 is 1.61 bits per heavy atom. The topological polar surface area (TPSA) is 228 Å². The molecule has 1 aliphatic carbocycles. The van der Waals surface area contributed by atoms with Gasteiger partial charge in [0.2, 0.25) is 5.60 Å². The summed E-state index contributed by atoms with van der Waals surface area (Å²) >= 11 is 0. The Labute approximate surface area is 346 Å². The van der Waals surface area contributed by atoms with Gasteiger partial charge in [0, 0.05) is 6.61 Å². The number of halogens is 1. The SMILES string of the molecule is CCCCCCCCCCCCCCCCCCOC[C@](C)(COP(=O)(O)OC1[C@@]2(C#N)O[C@@H](c3ccc4c(N)ncnn34)[C@H](O)[C@@]12O)OCc1cc(F)cc(C#N)c1. The highest BCUT2D eigenvalue weighted by Crippen LogP contribution is 2.68. The number of anilines is 1. The predicted molar refractivity (Wildman–Crippen MR) is 216 cm³/mol. The van der Waals surface area contributed by atoms with Crippen molar-refractivity contribution in [1.82, 2.24) is 14.6 Å². The summed E-state index contributed by atoms with van der Waals surface area (Å²) in [5.74, 6) is -0.469. The van der Waals surface area contributed by atoms with E-state index in [0.717, 1.165) is 31.7 Å². The first-order valence-electron chi connectivity index (χ1n) is 21.0. The van der Waals surface area contributed by atoms with Gasteiger partial charge in [0.15, 0.2) is 17.5 Å². The van der Waals surface area contributed by atoms with Crippen LogP contribution in [0.2, 0.25) is 0 Å². The zero-order valence-corrected chi connectivity index (χ0v) is 35.2. The highest BCUT2D eigenvalue weighted by atomic mass is 31.2. The molecule has 0 amide bonds. The van der Waals surface area contributed by atoms with Crippen molar-refractivity contribution in [1.29, 1.82) is 10.5 Å². The van der Waals surface area contributed by atoms with Gasteiger partial charge in [-0.2, -0.15) is 15.6 Å². The van der Waals surface area contributed by atoms with Crippen molar-refractivity contribution in [2.45, 2.75) is 158 Å². The summed E-state index contributed by atoms with van der Waals surface area (Å²) in [7, 11) is -5.06. The molecule has 0 bridgehead atoms. The highest BCUT2D eigenvalue weighted by Gasteiger charge is 2.90. The fraction of sp³-hybridized carbons (Fsp3) is 0.667. The van der Waals surface area contributed by atoms with Gasteiger partial charge in [0.05, 0.1) is 37.1 Å². The molecule has 1 saturated heterocycles. The summed E-state index contributed by atoms with van der Waals surface area (Å²) in [6, 6.07) is 10.6. The van der Waals surface area contributed by atoms with Crippen molar-refractivity contribution >= 4 is 19.2 Å². The third-order valence-electron chi connectivity index (χ3n) is 11.3. The number of rotatable bonds is 28. The van der Waals surface area contributed by atoms with Crippen molar-refractivity contribution in [3.8, 4) is 12.1 Å². The van der Waals surface area contributed by atoms with Crippen LogP contribution < -0.4 is 5.73 Å². The third-order valence-corrected chi connectivity index (χ3v) is 12.2. The van der Waals surface area contributed by atoms with E-state index in [1.165, 1.54) is 106 Å². The van der Waals surface area contributed by atoms with E-state index in [2.05, 4.69) is 17.0 Å². The lowest BCUT2D eigenvalue weighted by molar-refractivity contribution is -0.121. The van der Waals surface area contributed by atoms with Crippen LogP contribution in [0.5, 0.6) is 0 Å². The molecular weight excluding hydrogens is 782 g/mol. The molecule has 59 heavy (non-hydrogen) atoms. The molecule has 0 spiro atoms. The third kappa shape index (κ3) is 11.6. The van der Waals surface area contributed by atoms with Crippen LogP contribution in [0.3, 0.4) is 0 Å². The number of aliphatic hydroxyl groups excluding tert-OH is 1. The van der Waals surface area contributed by atoms with Crippen molar-refractivity contribution in [3.63, 3.8) is 0 Å². The van der Waals surface area contributed by atoms with Gasteiger partial charge in [-0.1, -0.05) is 103 Å². The van der Waals surface area contributed by atoms with Gasteiger partial charge in [-0.05, 0) is 49.2 Å². The van der Waals surface area contributed by atoms with Crippen LogP contribution in [0.1, 0.15) is 140 Å². The number of unbranched alkanes of at least 4 members (excludes halogenated alkanes) is 15. The summed E-state index contributed by atoms with van der Waals surface area (Å²) in [6.45, 7) is 3.40. The Bertz CT molecular complexity index is 1960. The van der Waals surface area contributed by atoms with Crippen LogP contribution in [0.25, 0.3) is 5.52 Å². The van der Waals surface area contributed by atoms with E-state index in [-0.39, 0.29) is 30.3 Å². The molecule has 1 aromatic carbocycles. The number of phosphoric acid groups is 1. The average molecular weight is 843 g/mol. The number of nitrogens with two attached hydrogens (primary N) is 1. The largest absolute Gasteiger partial charge is 0.472 e. The van der Waals surface area contributed by atoms with E-state index < -0.39 is 55.4 Å². The maximum absolute atomic E-state index is 14.2. The molecule has 3 aromatic rings. The number of phosphoric ester groups is 1. The lowest BCUT2D eigenvalue weighted by Crippen LogP contribution is -2.39. The van der Waals surface area contributed by atoms with Gasteiger partial charge in [0.1, 0.15) is 41.5 Å². The van der Waals surface area contributed by atoms with Gasteiger partial charge in [-0.3, -0.25) is 9.05 Å². The molecule has 2 fully saturated rings. The number of nitrogen functional groups attached to an aromatic ring is 1. The molecule has 1 aliphatic heterocycles. The number of aromatic nitrogens is 3. The first-order valence-corrected chi connectivity index (χ1v) is 22.5. The molecule has 2 unspecified atom stereocenters. The Morgan fingerprint density at radius 1 is 0.983 bits per heavy atom. The predicted octanol–water partition coefficient (Wildman–Crippen LogP) is 7.52. The molecular formula is C42H60FN6O9P. The number of hydrogen-bond donors (Lipinski definition) is 4. The molecule has 5 N–H and O–H groups in total. The molecule has 15 nitrogen and oxygen atoms in total. The normalized spacial score (nSPS) is 24.3. The van der Waals surface area contributed by atoms with Crippen molar-refractivity contribution in [2.24, 2.45) is 0 Å². The van der Waals surface area contributed by atoms with Crippen LogP contribution in [0.15, 0.2) is 36.7 Å². The van der Waals surface area contributed by atoms with E-state index in [1.807, 2.05) is 6.07 Å². The molecule has 3 heterocycles. The van der Waals surface area contributed by atoms with Gasteiger partial charge in [0.25, 0.3) is 0 Å². The molecule has 5 rings (SSSR count). The zero-order valence-electron chi connectivity index (χ0n) is 34.3. The minimum Gasteiger partial charge on any atom is -0.387 e. The van der Waals surface area contributed by atoms with Crippen molar-refractivity contribution in [2.75, 3.05) is 25.6 Å². The Kier molecular flexibility index (Phi) is 16.8. The number of aliphatic hydroxyl groups is 2. The van der Waals surface area contributed by atoms with Crippen LogP contribution in [-0.2, 0) is 34.4 Å². The summed E-state index contributed by atoms with van der Waals surface area (Å²) in [5.41, 5.74) is 1.03. The standard InChI is InChI=1S/C42H60FN6O9P/c1-3-4-5-6-7-8-9-10-11-12-13-14-15-16-17-18-21-54-28-40(2,55-26-32-22-31(25-44)23-33(43)24-32)29-56-59(52,53)58-39-41(27-45)42(39,51)37(50)36(57-41)34-19-20-35-38(46)47-30-48-49(34)35/h19-20,22-24,30,36-37,39,50-51H,3-18,21,26,28-29H2,1-2H3,(H,52,53)(H2,46,47,48)/t36-,37-,39?,40+,41+,42+/m0/s1. The number of benzene rings is 1. The quantitative estimate of drug-likeness (QED) is 0.0410. The summed E-state index contributed by atoms with van der Waals surface area (Å²) in [4.78, 5) is 14.7. The van der Waals surface area contributed by atoms with Crippen molar-refractivity contribution < 1.29 is 47.3 Å². The van der Waals surface area contributed by atoms with E-state index in [9.17, 15) is 34.6 Å². The molecule has 324 valence electrons. The van der Waals surface area contributed by atoms with Gasteiger partial charge in [-0.25, -0.2) is 18.5 Å². The summed E-state index contributed by atoms with van der Waals surface area (Å²) < 4.78 is 57.4. The molecule has 17 heteroatoms. The molecule has 0 radical (unpaired) electrons. The van der Waals surface area contributed by atoms with Crippen LogP contribution in [-0.4, -0.2) is 78.5 Å². The lowest BCUT2D eigenvalue weighted by Gasteiger charge is -2.30. The minimum atomic E-state index is -5.06. The summed E-state index contributed by atoms with van der Waals surface area (Å²) in [5, 5.41) is 46.2. The number of hydrogen-bond acceptors (Lipinski definition) is 13. The van der Waals surface area contributed by atoms with E-state index in [4.69, 9.17) is 29.0 Å². The smallest absolute Gasteiger partial charge is 0.387 e. The molecule has 2 aromatic heterocycles. The van der Waals surface area contributed by atoms with Crippen LogP contribution in [0, 0.1) is 28.5 Å². The number of nitrogens with zero attached hydrogens (tertiary/aromatic N) is 5. The fourth-order valence-corrected chi connectivity index (χ4v) is 8.86. The Morgan fingerprint density at radius 3 is 2.20 bits per heavy atom. The number of ether oxygens (including phenoxy) is 3. The fourth-order valence-electron chi connectivity index (χ4n) is 7.79. The maximum Gasteiger partial charge on any atom is 0.472 e.